The number of anilines is 4. The van der Waals surface area contributed by atoms with Gasteiger partial charge in [-0.05, 0) is 35.4 Å². The van der Waals surface area contributed by atoms with Crippen molar-refractivity contribution in [1.82, 2.24) is 30.4 Å². The summed E-state index contributed by atoms with van der Waals surface area (Å²) in [7, 11) is 10.5. The highest BCUT2D eigenvalue weighted by Gasteiger charge is 2.17. The fourth-order valence-corrected chi connectivity index (χ4v) is 6.97. The van der Waals surface area contributed by atoms with Crippen LogP contribution in [-0.2, 0) is 21.3 Å². The number of methoxy groups -OCH3 is 6. The first-order valence-electron chi connectivity index (χ1n) is 18.3. The van der Waals surface area contributed by atoms with Crippen molar-refractivity contribution < 1.29 is 47.8 Å². The highest BCUT2D eigenvalue weighted by Crippen LogP contribution is 2.41. The van der Waals surface area contributed by atoms with Crippen LogP contribution in [0.25, 0.3) is 0 Å². The Morgan fingerprint density at radius 2 is 1.06 bits per heavy atom. The second-order valence-electron chi connectivity index (χ2n) is 12.3. The summed E-state index contributed by atoms with van der Waals surface area (Å²) in [6.45, 7) is 0.138. The van der Waals surface area contributed by atoms with Crippen molar-refractivity contribution in [3.05, 3.63) is 95.1 Å². The Bertz CT molecular complexity index is 2370. The zero-order chi connectivity index (χ0) is 44.4. The summed E-state index contributed by atoms with van der Waals surface area (Å²) in [6, 6.07) is 21.3. The molecule has 2 heterocycles. The number of benzene rings is 4. The summed E-state index contributed by atoms with van der Waals surface area (Å²) in [4.78, 5) is 43.1. The Hall–Kier alpha value is -6.88. The van der Waals surface area contributed by atoms with E-state index in [4.69, 9.17) is 39.0 Å². The van der Waals surface area contributed by atoms with Crippen LogP contribution >= 0.6 is 23.5 Å². The average Bonchev–Trinajstić information content (AvgIpc) is 3.95. The molecule has 2 amide bonds. The standard InChI is InChI=1S/C21H25N5O6S.C19H21N5O4S/c1-28-16-9-15(10-17(29-2)18(16)30-3)23-19(27)14-7-5-6-13(8-14)11-33-21-24-20(25-26-21)22-12-32-31-4;1-26-14-8-13(9-15(27-2)16(14)28-3)21-17(25)12-6-4-5-11(7-12)10-29-19-22-18(20)23-24-19/h5-10H,11-12H2,1-4H3,(H,23,27)(H2,22,24,25,26);4-9H,10H2,1-3H3,(H,21,25)(H3,20,22,23,24). The van der Waals surface area contributed by atoms with E-state index in [1.807, 2.05) is 36.4 Å². The number of nitrogen functional groups attached to an aromatic ring is 1. The molecule has 0 spiro atoms. The van der Waals surface area contributed by atoms with Crippen molar-refractivity contribution >= 4 is 58.6 Å². The van der Waals surface area contributed by atoms with Gasteiger partial charge in [0, 0.05) is 58.3 Å². The van der Waals surface area contributed by atoms with Crippen LogP contribution < -0.4 is 50.1 Å². The summed E-state index contributed by atoms with van der Waals surface area (Å²) in [5, 5.41) is 23.2. The molecule has 0 saturated heterocycles. The third-order valence-electron chi connectivity index (χ3n) is 8.32. The number of aromatic amines is 2. The molecule has 6 rings (SSSR count). The van der Waals surface area contributed by atoms with E-state index in [0.29, 0.717) is 84.8 Å². The lowest BCUT2D eigenvalue weighted by molar-refractivity contribution is -0.266. The Balaban J connectivity index is 0.000000236. The molecule has 0 aliphatic heterocycles. The number of nitrogens with one attached hydrogen (secondary N) is 5. The number of thioether (sulfide) groups is 2. The first-order valence-corrected chi connectivity index (χ1v) is 20.2. The molecule has 62 heavy (non-hydrogen) atoms. The summed E-state index contributed by atoms with van der Waals surface area (Å²) < 4.78 is 31.9. The van der Waals surface area contributed by atoms with Crippen molar-refractivity contribution in [3.63, 3.8) is 0 Å². The van der Waals surface area contributed by atoms with Crippen molar-refractivity contribution in [2.45, 2.75) is 21.8 Å². The van der Waals surface area contributed by atoms with Crippen LogP contribution in [0, 0.1) is 0 Å². The SMILES string of the molecule is COOCNc1nc(SCc2cccc(C(=O)Nc3cc(OC)c(OC)c(OC)c3)c2)n[nH]1.COc1cc(NC(=O)c2cccc(CSc3n[nH]c(N)n3)c2)cc(OC)c1OC. The average molecular weight is 891 g/mol. The number of aromatic nitrogens is 6. The van der Waals surface area contributed by atoms with Gasteiger partial charge in [0.15, 0.2) is 29.7 Å². The number of carbonyl (C=O) groups is 2. The Morgan fingerprint density at radius 1 is 0.613 bits per heavy atom. The van der Waals surface area contributed by atoms with E-state index in [2.05, 4.69) is 51.2 Å². The Morgan fingerprint density at radius 3 is 1.47 bits per heavy atom. The molecule has 6 aromatic rings. The number of carbonyl (C=O) groups excluding carboxylic acids is 2. The fraction of sp³-hybridized carbons (Fsp3) is 0.250. The van der Waals surface area contributed by atoms with Gasteiger partial charge in [0.2, 0.25) is 33.7 Å². The summed E-state index contributed by atoms with van der Waals surface area (Å²) in [5.41, 5.74) is 9.50. The number of hydrogen-bond acceptors (Lipinski definition) is 18. The first-order chi connectivity index (χ1) is 30.1. The minimum Gasteiger partial charge on any atom is -0.493 e. The number of hydrogen-bond donors (Lipinski definition) is 6. The molecule has 0 aliphatic rings. The molecule has 0 bridgehead atoms. The third kappa shape index (κ3) is 12.8. The lowest BCUT2D eigenvalue weighted by Gasteiger charge is -2.14. The van der Waals surface area contributed by atoms with Crippen LogP contribution in [0.4, 0.5) is 23.3 Å². The largest absolute Gasteiger partial charge is 0.493 e. The van der Waals surface area contributed by atoms with Crippen molar-refractivity contribution in [2.24, 2.45) is 0 Å². The second kappa shape index (κ2) is 23.2. The molecule has 2 aromatic heterocycles. The monoisotopic (exact) mass is 890 g/mol. The molecule has 0 fully saturated rings. The van der Waals surface area contributed by atoms with E-state index in [0.717, 1.165) is 11.1 Å². The van der Waals surface area contributed by atoms with Gasteiger partial charge in [0.1, 0.15) is 0 Å². The molecule has 4 aromatic carbocycles. The Kier molecular flexibility index (Phi) is 17.3. The highest BCUT2D eigenvalue weighted by molar-refractivity contribution is 7.98. The fourth-order valence-electron chi connectivity index (χ4n) is 5.48. The van der Waals surface area contributed by atoms with Gasteiger partial charge >= 0.3 is 0 Å². The van der Waals surface area contributed by atoms with Crippen LogP contribution in [0.2, 0.25) is 0 Å². The maximum absolute atomic E-state index is 12.8. The maximum Gasteiger partial charge on any atom is 0.255 e. The van der Waals surface area contributed by atoms with Gasteiger partial charge in [0.05, 0.1) is 49.8 Å². The third-order valence-corrected chi connectivity index (χ3v) is 10.2. The zero-order valence-electron chi connectivity index (χ0n) is 34.8. The first kappa shape index (κ1) is 46.2. The van der Waals surface area contributed by atoms with Crippen LogP contribution in [0.1, 0.15) is 31.8 Å². The minimum atomic E-state index is -0.265. The molecular weight excluding hydrogens is 845 g/mol. The number of H-pyrrole nitrogens is 2. The van der Waals surface area contributed by atoms with Crippen molar-refractivity contribution in [1.29, 1.82) is 0 Å². The predicted octanol–water partition coefficient (Wildman–Crippen LogP) is 6.28. The lowest BCUT2D eigenvalue weighted by atomic mass is 10.1. The van der Waals surface area contributed by atoms with E-state index < -0.39 is 0 Å². The minimum absolute atomic E-state index is 0.138. The summed E-state index contributed by atoms with van der Waals surface area (Å²) >= 11 is 2.85. The van der Waals surface area contributed by atoms with E-state index in [1.54, 1.807) is 36.4 Å². The van der Waals surface area contributed by atoms with Crippen LogP contribution in [0.15, 0.2) is 83.1 Å². The topological polar surface area (TPSA) is 253 Å². The lowest BCUT2D eigenvalue weighted by Crippen LogP contribution is -2.12. The molecule has 0 atom stereocenters. The number of nitrogens with zero attached hydrogens (tertiary/aromatic N) is 4. The van der Waals surface area contributed by atoms with Crippen LogP contribution in [0.3, 0.4) is 0 Å². The van der Waals surface area contributed by atoms with Crippen molar-refractivity contribution in [2.75, 3.05) is 78.2 Å². The highest BCUT2D eigenvalue weighted by atomic mass is 32.2. The number of amides is 2. The van der Waals surface area contributed by atoms with Gasteiger partial charge in [-0.3, -0.25) is 9.59 Å². The summed E-state index contributed by atoms with van der Waals surface area (Å²) in [6.07, 6.45) is 0. The summed E-state index contributed by atoms with van der Waals surface area (Å²) in [5.74, 6) is 4.12. The number of nitrogens with two attached hydrogens (primary N) is 1. The maximum atomic E-state index is 12.8. The number of ether oxygens (including phenoxy) is 6. The number of rotatable bonds is 20. The predicted molar refractivity (Wildman–Crippen MR) is 234 cm³/mol. The van der Waals surface area contributed by atoms with Crippen LogP contribution in [-0.4, -0.2) is 98.7 Å². The van der Waals surface area contributed by atoms with Gasteiger partial charge in [-0.1, -0.05) is 47.8 Å². The molecule has 7 N–H and O–H groups in total. The van der Waals surface area contributed by atoms with E-state index in [1.165, 1.54) is 73.3 Å². The molecule has 0 radical (unpaired) electrons. The van der Waals surface area contributed by atoms with Gasteiger partial charge < -0.3 is 50.1 Å². The van der Waals surface area contributed by atoms with Crippen molar-refractivity contribution in [3.8, 4) is 34.5 Å². The van der Waals surface area contributed by atoms with E-state index in [9.17, 15) is 9.59 Å². The van der Waals surface area contributed by atoms with Gasteiger partial charge in [-0.2, -0.15) is 9.97 Å². The molecule has 0 unspecified atom stereocenters. The normalized spacial score (nSPS) is 10.5. The van der Waals surface area contributed by atoms with Crippen LogP contribution in [0.5, 0.6) is 34.5 Å². The molecule has 328 valence electrons. The van der Waals surface area contributed by atoms with Gasteiger partial charge in [-0.15, -0.1) is 10.2 Å². The Labute approximate surface area is 365 Å². The molecule has 20 nitrogen and oxygen atoms in total. The smallest absolute Gasteiger partial charge is 0.255 e. The van der Waals surface area contributed by atoms with Gasteiger partial charge in [-0.25, -0.2) is 20.0 Å². The molecule has 0 saturated carbocycles. The molecule has 0 aliphatic carbocycles. The molecular formula is C40H46N10O10S2. The van der Waals surface area contributed by atoms with E-state index in [-0.39, 0.29) is 24.5 Å². The van der Waals surface area contributed by atoms with Gasteiger partial charge in [0.25, 0.3) is 11.8 Å². The second-order valence-corrected chi connectivity index (χ2v) is 14.2. The molecule has 22 heteroatoms. The zero-order valence-corrected chi connectivity index (χ0v) is 36.4. The quantitative estimate of drug-likeness (QED) is 0.0162. The van der Waals surface area contributed by atoms with E-state index >= 15 is 0 Å².